The van der Waals surface area contributed by atoms with Gasteiger partial charge in [0.25, 0.3) is 0 Å². The number of fused-ring (bicyclic) bond motifs is 11. The van der Waals surface area contributed by atoms with E-state index in [-0.39, 0.29) is 43.9 Å². The zero-order valence-electron chi connectivity index (χ0n) is 31.0. The van der Waals surface area contributed by atoms with Crippen LogP contribution in [-0.2, 0) is 35.8 Å². The van der Waals surface area contributed by atoms with E-state index in [9.17, 15) is 29.4 Å². The molecule has 8 bridgehead atoms. The second-order valence-corrected chi connectivity index (χ2v) is 13.9. The number of nitrogens with zero attached hydrogens (tertiary/aromatic N) is 2. The lowest BCUT2D eigenvalue weighted by atomic mass is 9.64. The van der Waals surface area contributed by atoms with Crippen molar-refractivity contribution in [3.63, 3.8) is 0 Å². The summed E-state index contributed by atoms with van der Waals surface area (Å²) >= 11 is 0. The summed E-state index contributed by atoms with van der Waals surface area (Å²) in [6.45, 7) is 12.0. The first-order valence-corrected chi connectivity index (χ1v) is 17.7. The molecule has 54 heavy (non-hydrogen) atoms. The van der Waals surface area contributed by atoms with E-state index < -0.39 is 29.2 Å². The molecule has 280 valence electrons. The summed E-state index contributed by atoms with van der Waals surface area (Å²) in [5.41, 5.74) is 15.0. The smallest absolute Gasteiger partial charge is 0.332 e. The van der Waals surface area contributed by atoms with E-state index in [1.807, 2.05) is 52.0 Å². The molecule has 3 aromatic rings. The standard InChI is InChI=1S/C41H44N6O7/c1-7-23-20(2)29-17-34-27-11-8-26(40(52)53)38(39(51)43-15-14-42)41(27,5)35(47-34)19-30-22(4)25(10-13-37(50)54-6)33(46-30)18-32-24(9-12-36(48)49)21(3)28(45-32)16-31(23)44-29/h7-8,11,16-19,38,44,46H,1,9-10,12-15,42H2,2-6H3,(H,43,51)(H,48,49)(H,52,53). The van der Waals surface area contributed by atoms with Crippen molar-refractivity contribution in [2.24, 2.45) is 11.7 Å². The normalized spacial score (nSPS) is 17.7. The van der Waals surface area contributed by atoms with Crippen LogP contribution in [0, 0.1) is 19.8 Å². The van der Waals surface area contributed by atoms with Gasteiger partial charge in [-0.1, -0.05) is 24.8 Å². The molecule has 0 radical (unpaired) electrons. The minimum Gasteiger partial charge on any atom is -0.481 e. The van der Waals surface area contributed by atoms with Gasteiger partial charge in [0.1, 0.15) is 0 Å². The van der Waals surface area contributed by atoms with Crippen LogP contribution in [0.5, 0.6) is 0 Å². The number of methoxy groups -OCH3 is 1. The number of esters is 1. The average molecular weight is 733 g/mol. The molecule has 0 aromatic carbocycles. The largest absolute Gasteiger partial charge is 0.481 e. The van der Waals surface area contributed by atoms with Crippen molar-refractivity contribution in [1.29, 1.82) is 0 Å². The van der Waals surface area contributed by atoms with E-state index in [1.165, 1.54) is 13.2 Å². The van der Waals surface area contributed by atoms with Crippen LogP contribution in [0.2, 0.25) is 0 Å². The van der Waals surface area contributed by atoms with Crippen molar-refractivity contribution in [1.82, 2.24) is 25.3 Å². The SMILES string of the molecule is C=Cc1c(C)c2cc3nc(cc4[nH]c(cc5nc(cc1[nH]2)C(C)=C5CCC(=O)O)c(CCC(=O)OC)c4C)C1(C)C3=CC=C(C(=O)O)C1C(=O)NCCN. The Balaban J connectivity index is 1.76. The average Bonchev–Trinajstić information content (AvgIpc) is 3.79. The number of rotatable bonds is 11. The molecule has 2 atom stereocenters. The van der Waals surface area contributed by atoms with Gasteiger partial charge < -0.3 is 36.0 Å². The highest BCUT2D eigenvalue weighted by Gasteiger charge is 2.52. The van der Waals surface area contributed by atoms with Gasteiger partial charge in [0.05, 0.1) is 46.8 Å². The minimum atomic E-state index is -1.23. The Morgan fingerprint density at radius 3 is 2.28 bits per heavy atom. The number of aryl methyl sites for hydroxylation is 3. The number of nitrogens with one attached hydrogen (secondary N) is 3. The van der Waals surface area contributed by atoms with Crippen LogP contribution < -0.4 is 11.1 Å². The number of ether oxygens (including phenoxy) is 1. The Morgan fingerprint density at radius 2 is 1.61 bits per heavy atom. The maximum absolute atomic E-state index is 14.0. The summed E-state index contributed by atoms with van der Waals surface area (Å²) in [4.78, 5) is 67.9. The molecule has 0 saturated heterocycles. The molecule has 13 nitrogen and oxygen atoms in total. The fourth-order valence-corrected chi connectivity index (χ4v) is 7.79. The number of hydrogen-bond acceptors (Lipinski definition) is 8. The third-order valence-electron chi connectivity index (χ3n) is 10.8. The number of aromatic amines is 2. The Morgan fingerprint density at radius 1 is 0.926 bits per heavy atom. The maximum Gasteiger partial charge on any atom is 0.332 e. The van der Waals surface area contributed by atoms with Gasteiger partial charge in [0.15, 0.2) is 0 Å². The molecule has 0 saturated carbocycles. The summed E-state index contributed by atoms with van der Waals surface area (Å²) in [5.74, 6) is -4.19. The fourth-order valence-electron chi connectivity index (χ4n) is 7.79. The fraction of sp³-hybridized carbons (Fsp3) is 0.317. The van der Waals surface area contributed by atoms with Crippen LogP contribution in [0.3, 0.4) is 0 Å². The topological polar surface area (TPSA) is 213 Å². The number of nitrogens with two attached hydrogens (primary N) is 1. The van der Waals surface area contributed by atoms with E-state index in [4.69, 9.17) is 20.4 Å². The van der Waals surface area contributed by atoms with E-state index in [0.29, 0.717) is 45.8 Å². The van der Waals surface area contributed by atoms with Crippen LogP contribution in [0.25, 0.3) is 44.9 Å². The predicted octanol–water partition coefficient (Wildman–Crippen LogP) is 5.53. The van der Waals surface area contributed by atoms with Crippen molar-refractivity contribution in [3.8, 4) is 0 Å². The van der Waals surface area contributed by atoms with Crippen LogP contribution >= 0.6 is 0 Å². The number of aliphatic carboxylic acids is 2. The first-order valence-electron chi connectivity index (χ1n) is 17.7. The molecule has 1 aliphatic carbocycles. The summed E-state index contributed by atoms with van der Waals surface area (Å²) in [6.07, 6.45) is 5.52. The van der Waals surface area contributed by atoms with Crippen molar-refractivity contribution in [3.05, 3.63) is 93.6 Å². The van der Waals surface area contributed by atoms with Crippen molar-refractivity contribution < 1.29 is 34.1 Å². The van der Waals surface area contributed by atoms with Crippen LogP contribution in [0.1, 0.15) is 78.1 Å². The molecule has 1 amide bonds. The molecular weight excluding hydrogens is 688 g/mol. The Bertz CT molecular complexity index is 2390. The quantitative estimate of drug-likeness (QED) is 0.136. The number of carboxylic acids is 2. The second kappa shape index (κ2) is 14.7. The van der Waals surface area contributed by atoms with E-state index in [2.05, 4.69) is 21.9 Å². The van der Waals surface area contributed by atoms with Crippen LogP contribution in [-0.4, -0.2) is 74.2 Å². The highest BCUT2D eigenvalue weighted by Crippen LogP contribution is 2.52. The number of aromatic nitrogens is 4. The Labute approximate surface area is 311 Å². The zero-order valence-corrected chi connectivity index (χ0v) is 31.0. The van der Waals surface area contributed by atoms with E-state index >= 15 is 0 Å². The minimum absolute atomic E-state index is 0.0796. The van der Waals surface area contributed by atoms with Crippen molar-refractivity contribution >= 4 is 68.7 Å². The number of carbonyl (C=O) groups is 4. The van der Waals surface area contributed by atoms with E-state index in [1.54, 1.807) is 12.2 Å². The molecule has 13 heteroatoms. The molecular formula is C41H44N6O7. The number of H-pyrrole nitrogens is 2. The molecule has 6 rings (SSSR count). The van der Waals surface area contributed by atoms with Gasteiger partial charge in [0.2, 0.25) is 5.91 Å². The first-order chi connectivity index (χ1) is 25.7. The lowest BCUT2D eigenvalue weighted by Crippen LogP contribution is -2.47. The molecule has 5 heterocycles. The summed E-state index contributed by atoms with van der Waals surface area (Å²) < 4.78 is 4.96. The molecule has 3 aliphatic rings. The van der Waals surface area contributed by atoms with Gasteiger partial charge >= 0.3 is 17.9 Å². The molecule has 2 aliphatic heterocycles. The predicted molar refractivity (Wildman–Crippen MR) is 207 cm³/mol. The monoisotopic (exact) mass is 732 g/mol. The number of amides is 1. The number of carbonyl (C=O) groups excluding carboxylic acids is 2. The summed E-state index contributed by atoms with van der Waals surface area (Å²) in [6, 6.07) is 7.51. The van der Waals surface area contributed by atoms with Gasteiger partial charge in [-0.2, -0.15) is 0 Å². The summed E-state index contributed by atoms with van der Waals surface area (Å²) in [5, 5.41) is 22.8. The zero-order chi connectivity index (χ0) is 39.1. The van der Waals surface area contributed by atoms with Gasteiger partial charge in [0, 0.05) is 53.6 Å². The number of allylic oxidation sites excluding steroid dienone is 5. The maximum atomic E-state index is 14.0. The van der Waals surface area contributed by atoms with Crippen molar-refractivity contribution in [2.45, 2.75) is 58.8 Å². The lowest BCUT2D eigenvalue weighted by Gasteiger charge is -2.37. The third-order valence-corrected chi connectivity index (χ3v) is 10.8. The molecule has 0 spiro atoms. The van der Waals surface area contributed by atoms with Crippen LogP contribution in [0.15, 0.2) is 48.6 Å². The second-order valence-electron chi connectivity index (χ2n) is 13.9. The molecule has 7 N–H and O–H groups in total. The number of carboxylic acid groups (broad SMARTS) is 2. The van der Waals surface area contributed by atoms with Gasteiger partial charge in [-0.3, -0.25) is 19.4 Å². The van der Waals surface area contributed by atoms with E-state index in [0.717, 1.165) is 44.4 Å². The number of hydrogen-bond donors (Lipinski definition) is 6. The van der Waals surface area contributed by atoms with Gasteiger partial charge in [-0.25, -0.2) is 9.78 Å². The van der Waals surface area contributed by atoms with Gasteiger partial charge in [-0.05, 0) is 98.2 Å². The highest BCUT2D eigenvalue weighted by atomic mass is 16.5. The Hall–Kier alpha value is -6.08. The third kappa shape index (κ3) is 6.55. The highest BCUT2D eigenvalue weighted by molar-refractivity contribution is 6.02. The molecule has 0 fully saturated rings. The first kappa shape index (κ1) is 37.7. The Kier molecular flexibility index (Phi) is 10.3. The lowest BCUT2D eigenvalue weighted by molar-refractivity contribution is -0.140. The molecule has 3 aromatic heterocycles. The van der Waals surface area contributed by atoms with Crippen LogP contribution in [0.4, 0.5) is 0 Å². The van der Waals surface area contributed by atoms with Crippen molar-refractivity contribution in [2.75, 3.05) is 20.2 Å². The molecule has 2 unspecified atom stereocenters. The summed E-state index contributed by atoms with van der Waals surface area (Å²) in [7, 11) is 1.33. The van der Waals surface area contributed by atoms with Gasteiger partial charge in [-0.15, -0.1) is 0 Å².